The van der Waals surface area contributed by atoms with Gasteiger partial charge in [0, 0.05) is 12.1 Å². The van der Waals surface area contributed by atoms with Crippen LogP contribution in [0.2, 0.25) is 0 Å². The molecule has 0 amide bonds. The highest BCUT2D eigenvalue weighted by Crippen LogP contribution is 2.25. The molecule has 1 atom stereocenters. The summed E-state index contributed by atoms with van der Waals surface area (Å²) in [5, 5.41) is 26.1. The van der Waals surface area contributed by atoms with Crippen molar-refractivity contribution < 1.29 is 14.2 Å². The molecular formula is C20H18FN5O2. The van der Waals surface area contributed by atoms with Crippen molar-refractivity contribution in [3.8, 4) is 17.1 Å². The normalized spacial score (nSPS) is 12.1. The summed E-state index contributed by atoms with van der Waals surface area (Å²) in [7, 11) is 1.56. The predicted molar refractivity (Wildman–Crippen MR) is 103 cm³/mol. The van der Waals surface area contributed by atoms with Gasteiger partial charge in [0.2, 0.25) is 0 Å². The van der Waals surface area contributed by atoms with E-state index in [0.717, 1.165) is 0 Å². The van der Waals surface area contributed by atoms with Gasteiger partial charge in [-0.25, -0.2) is 4.39 Å². The van der Waals surface area contributed by atoms with E-state index in [-0.39, 0.29) is 6.54 Å². The van der Waals surface area contributed by atoms with Crippen LogP contribution in [0.5, 0.6) is 5.75 Å². The third-order valence-corrected chi connectivity index (χ3v) is 4.35. The van der Waals surface area contributed by atoms with Gasteiger partial charge in [0.1, 0.15) is 17.4 Å². The van der Waals surface area contributed by atoms with Crippen molar-refractivity contribution >= 4 is 11.5 Å². The number of aliphatic hydroxyl groups excluding tert-OH is 1. The van der Waals surface area contributed by atoms with Crippen LogP contribution < -0.4 is 10.1 Å². The van der Waals surface area contributed by atoms with E-state index in [1.807, 2.05) is 12.1 Å². The van der Waals surface area contributed by atoms with Crippen LogP contribution in [0.1, 0.15) is 11.7 Å². The number of anilines is 1. The van der Waals surface area contributed by atoms with Gasteiger partial charge in [0.05, 0.1) is 18.8 Å². The van der Waals surface area contributed by atoms with E-state index in [2.05, 4.69) is 20.6 Å². The summed E-state index contributed by atoms with van der Waals surface area (Å²) in [6.07, 6.45) is -0.791. The van der Waals surface area contributed by atoms with Gasteiger partial charge in [-0.05, 0) is 30.3 Å². The zero-order valence-electron chi connectivity index (χ0n) is 15.1. The van der Waals surface area contributed by atoms with Crippen LogP contribution in [-0.2, 0) is 0 Å². The summed E-state index contributed by atoms with van der Waals surface area (Å²) in [4.78, 5) is 0. The molecule has 2 heterocycles. The second kappa shape index (κ2) is 7.61. The van der Waals surface area contributed by atoms with Gasteiger partial charge in [-0.2, -0.15) is 4.52 Å². The summed E-state index contributed by atoms with van der Waals surface area (Å²) >= 11 is 0. The SMILES string of the molecule is COc1ccccc1[C@@H](O)CNc1ccc2nnc(-c3ccccc3F)n2n1. The number of hydrogen-bond donors (Lipinski definition) is 2. The second-order valence-corrected chi connectivity index (χ2v) is 6.13. The number of hydrogen-bond acceptors (Lipinski definition) is 6. The van der Waals surface area contributed by atoms with Gasteiger partial charge >= 0.3 is 0 Å². The first-order chi connectivity index (χ1) is 13.7. The summed E-state index contributed by atoms with van der Waals surface area (Å²) in [5.41, 5.74) is 1.48. The molecule has 0 unspecified atom stereocenters. The van der Waals surface area contributed by atoms with E-state index in [0.29, 0.717) is 34.2 Å². The third-order valence-electron chi connectivity index (χ3n) is 4.35. The predicted octanol–water partition coefficient (Wildman–Crippen LogP) is 3.08. The molecule has 0 aliphatic rings. The van der Waals surface area contributed by atoms with E-state index in [4.69, 9.17) is 4.74 Å². The molecule has 0 spiro atoms. The maximum atomic E-state index is 14.1. The summed E-state index contributed by atoms with van der Waals surface area (Å²) in [5.74, 6) is 1.02. The van der Waals surface area contributed by atoms with Gasteiger partial charge in [-0.1, -0.05) is 30.3 Å². The molecule has 2 aromatic heterocycles. The number of aromatic nitrogens is 4. The molecule has 2 N–H and O–H groups in total. The number of ether oxygens (including phenoxy) is 1. The van der Waals surface area contributed by atoms with E-state index in [9.17, 15) is 9.50 Å². The fraction of sp³-hybridized carbons (Fsp3) is 0.150. The molecule has 0 fully saturated rings. The van der Waals surface area contributed by atoms with Crippen LogP contribution in [0, 0.1) is 5.82 Å². The Bertz CT molecular complexity index is 1110. The Kier molecular flexibility index (Phi) is 4.86. The number of rotatable bonds is 6. The lowest BCUT2D eigenvalue weighted by Gasteiger charge is -2.15. The molecule has 0 radical (unpaired) electrons. The van der Waals surface area contributed by atoms with Gasteiger partial charge < -0.3 is 15.2 Å². The molecule has 8 heteroatoms. The topological polar surface area (TPSA) is 84.6 Å². The van der Waals surface area contributed by atoms with Crippen molar-refractivity contribution in [2.45, 2.75) is 6.10 Å². The van der Waals surface area contributed by atoms with E-state index >= 15 is 0 Å². The highest BCUT2D eigenvalue weighted by molar-refractivity contribution is 5.60. The van der Waals surface area contributed by atoms with Crippen molar-refractivity contribution in [2.75, 3.05) is 19.0 Å². The molecule has 0 saturated carbocycles. The number of para-hydroxylation sites is 1. The van der Waals surface area contributed by atoms with Gasteiger partial charge in [0.25, 0.3) is 0 Å². The van der Waals surface area contributed by atoms with Crippen molar-refractivity contribution in [2.24, 2.45) is 0 Å². The van der Waals surface area contributed by atoms with Crippen LogP contribution in [-0.4, -0.2) is 38.6 Å². The lowest BCUT2D eigenvalue weighted by atomic mass is 10.1. The van der Waals surface area contributed by atoms with Crippen LogP contribution in [0.15, 0.2) is 60.7 Å². The number of halogens is 1. The Hall–Kier alpha value is -3.52. The monoisotopic (exact) mass is 379 g/mol. The van der Waals surface area contributed by atoms with Crippen molar-refractivity contribution in [1.82, 2.24) is 19.8 Å². The maximum absolute atomic E-state index is 14.1. The fourth-order valence-electron chi connectivity index (χ4n) is 2.95. The minimum absolute atomic E-state index is 0.218. The minimum atomic E-state index is -0.791. The summed E-state index contributed by atoms with van der Waals surface area (Å²) in [6.45, 7) is 0.218. The summed E-state index contributed by atoms with van der Waals surface area (Å²) in [6, 6.07) is 17.1. The Morgan fingerprint density at radius 1 is 1.07 bits per heavy atom. The van der Waals surface area contributed by atoms with Gasteiger partial charge in [-0.3, -0.25) is 0 Å². The first-order valence-electron chi connectivity index (χ1n) is 8.69. The Morgan fingerprint density at radius 2 is 1.86 bits per heavy atom. The Morgan fingerprint density at radius 3 is 2.68 bits per heavy atom. The van der Waals surface area contributed by atoms with Gasteiger partial charge in [-0.15, -0.1) is 15.3 Å². The highest BCUT2D eigenvalue weighted by Gasteiger charge is 2.15. The molecule has 4 rings (SSSR count). The molecule has 7 nitrogen and oxygen atoms in total. The number of fused-ring (bicyclic) bond motifs is 1. The number of nitrogens with one attached hydrogen (secondary N) is 1. The number of nitrogens with zero attached hydrogens (tertiary/aromatic N) is 4. The average Bonchev–Trinajstić information content (AvgIpc) is 3.15. The van der Waals surface area contributed by atoms with Gasteiger partial charge in [0.15, 0.2) is 11.5 Å². The first kappa shape index (κ1) is 17.9. The molecule has 4 aromatic rings. The van der Waals surface area contributed by atoms with Crippen LogP contribution in [0.25, 0.3) is 17.0 Å². The number of benzene rings is 2. The summed E-state index contributed by atoms with van der Waals surface area (Å²) < 4.78 is 20.9. The zero-order chi connectivity index (χ0) is 19.5. The molecular weight excluding hydrogens is 361 g/mol. The number of aliphatic hydroxyl groups is 1. The van der Waals surface area contributed by atoms with Crippen LogP contribution >= 0.6 is 0 Å². The number of methoxy groups -OCH3 is 1. The minimum Gasteiger partial charge on any atom is -0.496 e. The Balaban J connectivity index is 1.58. The van der Waals surface area contributed by atoms with E-state index in [1.54, 1.807) is 49.6 Å². The smallest absolute Gasteiger partial charge is 0.188 e. The molecule has 0 aliphatic heterocycles. The Labute approximate surface area is 160 Å². The lowest BCUT2D eigenvalue weighted by Crippen LogP contribution is -2.14. The highest BCUT2D eigenvalue weighted by atomic mass is 19.1. The fourth-order valence-corrected chi connectivity index (χ4v) is 2.95. The zero-order valence-corrected chi connectivity index (χ0v) is 15.1. The molecule has 142 valence electrons. The van der Waals surface area contributed by atoms with E-state index < -0.39 is 11.9 Å². The molecule has 28 heavy (non-hydrogen) atoms. The molecule has 2 aromatic carbocycles. The second-order valence-electron chi connectivity index (χ2n) is 6.13. The molecule has 0 saturated heterocycles. The van der Waals surface area contributed by atoms with E-state index in [1.165, 1.54) is 10.6 Å². The molecule has 0 bridgehead atoms. The first-order valence-corrected chi connectivity index (χ1v) is 8.69. The largest absolute Gasteiger partial charge is 0.496 e. The van der Waals surface area contributed by atoms with Crippen molar-refractivity contribution in [3.63, 3.8) is 0 Å². The van der Waals surface area contributed by atoms with Crippen molar-refractivity contribution in [3.05, 3.63) is 72.0 Å². The van der Waals surface area contributed by atoms with Crippen LogP contribution in [0.4, 0.5) is 10.2 Å². The van der Waals surface area contributed by atoms with Crippen LogP contribution in [0.3, 0.4) is 0 Å². The lowest BCUT2D eigenvalue weighted by molar-refractivity contribution is 0.186. The average molecular weight is 379 g/mol. The third kappa shape index (κ3) is 3.37. The quantitative estimate of drug-likeness (QED) is 0.536. The van der Waals surface area contributed by atoms with Crippen molar-refractivity contribution in [1.29, 1.82) is 0 Å². The maximum Gasteiger partial charge on any atom is 0.188 e. The molecule has 0 aliphatic carbocycles. The standard InChI is InChI=1S/C20H18FN5O2/c1-28-17-9-5-3-7-14(17)16(27)12-22-18-10-11-19-23-24-20(26(19)25-18)13-6-2-4-8-15(13)21/h2-11,16,27H,12H2,1H3,(H,22,25)/t16-/m0/s1.